The molecule has 1 N–H and O–H groups in total. The van der Waals surface area contributed by atoms with Crippen LogP contribution in [0.1, 0.15) is 10.4 Å². The second-order valence-corrected chi connectivity index (χ2v) is 6.27. The molecule has 118 valence electrons. The molecule has 3 heterocycles. The standard InChI is InChI=1S/C18H14N4OS/c1-22-9-7-12-10-13(5-6-16(12)22)17(23)21-18-20-15(11-24-18)14-4-2-3-8-19-14/h2-11H,1H3,(H,20,21,23). The summed E-state index contributed by atoms with van der Waals surface area (Å²) in [5.41, 5.74) is 3.26. The zero-order valence-corrected chi connectivity index (χ0v) is 13.7. The molecular weight excluding hydrogens is 320 g/mol. The Kier molecular flexibility index (Phi) is 3.59. The highest BCUT2D eigenvalue weighted by Crippen LogP contribution is 2.24. The molecule has 3 aromatic heterocycles. The zero-order valence-electron chi connectivity index (χ0n) is 12.9. The van der Waals surface area contributed by atoms with E-state index in [1.165, 1.54) is 11.3 Å². The topological polar surface area (TPSA) is 59.8 Å². The Morgan fingerprint density at radius 2 is 2.08 bits per heavy atom. The molecule has 0 aliphatic heterocycles. The molecular formula is C18H14N4OS. The van der Waals surface area contributed by atoms with Crippen molar-refractivity contribution < 1.29 is 4.79 Å². The lowest BCUT2D eigenvalue weighted by molar-refractivity contribution is 0.102. The van der Waals surface area contributed by atoms with E-state index in [2.05, 4.69) is 15.3 Å². The summed E-state index contributed by atoms with van der Waals surface area (Å²) < 4.78 is 2.02. The normalized spacial score (nSPS) is 10.9. The summed E-state index contributed by atoms with van der Waals surface area (Å²) in [5.74, 6) is -0.164. The van der Waals surface area contributed by atoms with Crippen LogP contribution >= 0.6 is 11.3 Å². The van der Waals surface area contributed by atoms with Gasteiger partial charge in [0.25, 0.3) is 5.91 Å². The number of anilines is 1. The van der Waals surface area contributed by atoms with Gasteiger partial charge in [-0.25, -0.2) is 4.98 Å². The minimum absolute atomic E-state index is 0.164. The van der Waals surface area contributed by atoms with Crippen LogP contribution in [0.15, 0.2) is 60.2 Å². The summed E-state index contributed by atoms with van der Waals surface area (Å²) in [7, 11) is 1.98. The van der Waals surface area contributed by atoms with Crippen molar-refractivity contribution in [3.05, 3.63) is 65.8 Å². The molecule has 1 amide bonds. The lowest BCUT2D eigenvalue weighted by Gasteiger charge is -2.03. The first-order valence-corrected chi connectivity index (χ1v) is 8.32. The molecule has 0 aliphatic carbocycles. The Morgan fingerprint density at radius 1 is 1.17 bits per heavy atom. The van der Waals surface area contributed by atoms with Crippen molar-refractivity contribution in [1.29, 1.82) is 0 Å². The highest BCUT2D eigenvalue weighted by molar-refractivity contribution is 7.14. The van der Waals surface area contributed by atoms with Crippen LogP contribution < -0.4 is 5.32 Å². The number of aromatic nitrogens is 3. The van der Waals surface area contributed by atoms with Gasteiger partial charge >= 0.3 is 0 Å². The van der Waals surface area contributed by atoms with Gasteiger partial charge in [-0.3, -0.25) is 15.1 Å². The van der Waals surface area contributed by atoms with Gasteiger partial charge in [0, 0.05) is 41.3 Å². The molecule has 0 saturated heterocycles. The van der Waals surface area contributed by atoms with Gasteiger partial charge in [0.1, 0.15) is 5.69 Å². The fourth-order valence-electron chi connectivity index (χ4n) is 2.56. The molecule has 0 radical (unpaired) electrons. The largest absolute Gasteiger partial charge is 0.351 e. The Labute approximate surface area is 142 Å². The van der Waals surface area contributed by atoms with E-state index in [0.29, 0.717) is 10.7 Å². The van der Waals surface area contributed by atoms with Gasteiger partial charge < -0.3 is 4.57 Å². The van der Waals surface area contributed by atoms with E-state index >= 15 is 0 Å². The average molecular weight is 334 g/mol. The van der Waals surface area contributed by atoms with Gasteiger partial charge in [0.2, 0.25) is 0 Å². The average Bonchev–Trinajstić information content (AvgIpc) is 3.22. The molecule has 5 nitrogen and oxygen atoms in total. The number of carbonyl (C=O) groups is 1. The molecule has 6 heteroatoms. The van der Waals surface area contributed by atoms with Crippen LogP contribution in [0.25, 0.3) is 22.3 Å². The molecule has 4 rings (SSSR count). The highest BCUT2D eigenvalue weighted by atomic mass is 32.1. The third kappa shape index (κ3) is 2.68. The SMILES string of the molecule is Cn1ccc2cc(C(=O)Nc3nc(-c4ccccn4)cs3)ccc21. The Hall–Kier alpha value is -2.99. The molecule has 0 unspecified atom stereocenters. The number of nitrogens with one attached hydrogen (secondary N) is 1. The van der Waals surface area contributed by atoms with Gasteiger partial charge in [-0.1, -0.05) is 6.07 Å². The van der Waals surface area contributed by atoms with Crippen LogP contribution in [0.5, 0.6) is 0 Å². The van der Waals surface area contributed by atoms with Crippen LogP contribution in [-0.4, -0.2) is 20.4 Å². The minimum atomic E-state index is -0.164. The lowest BCUT2D eigenvalue weighted by atomic mass is 10.1. The summed E-state index contributed by atoms with van der Waals surface area (Å²) >= 11 is 1.39. The fourth-order valence-corrected chi connectivity index (χ4v) is 3.25. The maximum Gasteiger partial charge on any atom is 0.257 e. The van der Waals surface area contributed by atoms with Crippen molar-refractivity contribution in [1.82, 2.24) is 14.5 Å². The van der Waals surface area contributed by atoms with Crippen molar-refractivity contribution in [2.24, 2.45) is 7.05 Å². The number of fused-ring (bicyclic) bond motifs is 1. The van der Waals surface area contributed by atoms with E-state index in [1.54, 1.807) is 6.20 Å². The molecule has 0 fully saturated rings. The number of hydrogen-bond donors (Lipinski definition) is 1. The van der Waals surface area contributed by atoms with Crippen molar-refractivity contribution in [3.63, 3.8) is 0 Å². The molecule has 1 aromatic carbocycles. The molecule has 0 aliphatic rings. The van der Waals surface area contributed by atoms with Crippen LogP contribution in [-0.2, 0) is 7.05 Å². The lowest BCUT2D eigenvalue weighted by Crippen LogP contribution is -2.11. The first-order valence-electron chi connectivity index (χ1n) is 7.44. The second-order valence-electron chi connectivity index (χ2n) is 5.41. The smallest absolute Gasteiger partial charge is 0.257 e. The number of hydrogen-bond acceptors (Lipinski definition) is 4. The number of thiazole rings is 1. The third-order valence-electron chi connectivity index (χ3n) is 3.80. The molecule has 4 aromatic rings. The van der Waals surface area contributed by atoms with Crippen LogP contribution in [0.2, 0.25) is 0 Å². The summed E-state index contributed by atoms with van der Waals surface area (Å²) in [6.07, 6.45) is 3.70. The molecule has 0 saturated carbocycles. The van der Waals surface area contributed by atoms with Crippen LogP contribution in [0.4, 0.5) is 5.13 Å². The van der Waals surface area contributed by atoms with E-state index in [4.69, 9.17) is 0 Å². The first-order chi connectivity index (χ1) is 11.7. The number of amides is 1. The predicted molar refractivity (Wildman–Crippen MR) is 96.2 cm³/mol. The summed E-state index contributed by atoms with van der Waals surface area (Å²) in [6, 6.07) is 13.3. The second kappa shape index (κ2) is 5.90. The quantitative estimate of drug-likeness (QED) is 0.617. The van der Waals surface area contributed by atoms with Gasteiger partial charge in [-0.15, -0.1) is 11.3 Å². The number of pyridine rings is 1. The van der Waals surface area contributed by atoms with Gasteiger partial charge in [-0.05, 0) is 36.4 Å². The molecule has 0 bridgehead atoms. The van der Waals surface area contributed by atoms with E-state index in [1.807, 2.05) is 65.7 Å². The zero-order chi connectivity index (χ0) is 16.5. The Bertz CT molecular complexity index is 1020. The summed E-state index contributed by atoms with van der Waals surface area (Å²) in [4.78, 5) is 21.1. The fraction of sp³-hybridized carbons (Fsp3) is 0.0556. The van der Waals surface area contributed by atoms with Crippen molar-refractivity contribution in [2.45, 2.75) is 0 Å². The van der Waals surface area contributed by atoms with Crippen LogP contribution in [0.3, 0.4) is 0 Å². The van der Waals surface area contributed by atoms with Crippen molar-refractivity contribution >= 4 is 33.3 Å². The summed E-state index contributed by atoms with van der Waals surface area (Å²) in [5, 5.41) is 6.34. The van der Waals surface area contributed by atoms with E-state index < -0.39 is 0 Å². The van der Waals surface area contributed by atoms with Crippen LogP contribution in [0, 0.1) is 0 Å². The first kappa shape index (κ1) is 14.6. The Balaban J connectivity index is 1.56. The Morgan fingerprint density at radius 3 is 2.92 bits per heavy atom. The molecule has 0 atom stereocenters. The number of benzene rings is 1. The van der Waals surface area contributed by atoms with E-state index in [0.717, 1.165) is 22.3 Å². The van der Waals surface area contributed by atoms with Crippen molar-refractivity contribution in [2.75, 3.05) is 5.32 Å². The third-order valence-corrected chi connectivity index (χ3v) is 4.56. The number of rotatable bonds is 3. The van der Waals surface area contributed by atoms with Gasteiger partial charge in [-0.2, -0.15) is 0 Å². The van der Waals surface area contributed by atoms with Gasteiger partial charge in [0.05, 0.1) is 5.69 Å². The van der Waals surface area contributed by atoms with E-state index in [-0.39, 0.29) is 5.91 Å². The number of nitrogens with zero attached hydrogens (tertiary/aromatic N) is 3. The van der Waals surface area contributed by atoms with E-state index in [9.17, 15) is 4.79 Å². The molecule has 24 heavy (non-hydrogen) atoms. The van der Waals surface area contributed by atoms with Gasteiger partial charge in [0.15, 0.2) is 5.13 Å². The predicted octanol–water partition coefficient (Wildman–Crippen LogP) is 3.95. The maximum absolute atomic E-state index is 12.4. The maximum atomic E-state index is 12.4. The number of aryl methyl sites for hydroxylation is 1. The number of carbonyl (C=O) groups excluding carboxylic acids is 1. The monoisotopic (exact) mass is 334 g/mol. The molecule has 0 spiro atoms. The summed E-state index contributed by atoms with van der Waals surface area (Å²) in [6.45, 7) is 0. The van der Waals surface area contributed by atoms with Crippen molar-refractivity contribution in [3.8, 4) is 11.4 Å². The minimum Gasteiger partial charge on any atom is -0.351 e. The highest BCUT2D eigenvalue weighted by Gasteiger charge is 2.11.